The van der Waals surface area contributed by atoms with Gasteiger partial charge in [-0.15, -0.1) is 0 Å². The monoisotopic (exact) mass is 255 g/mol. The number of carbonyl (C=O) groups is 3. The van der Waals surface area contributed by atoms with Crippen LogP contribution in [0.15, 0.2) is 0 Å². The van der Waals surface area contributed by atoms with E-state index in [2.05, 4.69) is 0 Å². The fraction of sp³-hybridized carbons (Fsp3) is 0.769. The third kappa shape index (κ3) is 4.13. The zero-order chi connectivity index (χ0) is 13.7. The van der Waals surface area contributed by atoms with Crippen molar-refractivity contribution in [1.82, 2.24) is 4.90 Å². The highest BCUT2D eigenvalue weighted by atomic mass is 16.4. The topological polar surface area (TPSA) is 74.7 Å². The van der Waals surface area contributed by atoms with E-state index in [1.54, 1.807) is 0 Å². The molecule has 1 unspecified atom stereocenters. The summed E-state index contributed by atoms with van der Waals surface area (Å²) in [5, 5.41) is 8.69. The maximum Gasteiger partial charge on any atom is 0.303 e. The van der Waals surface area contributed by atoms with Crippen molar-refractivity contribution in [3.63, 3.8) is 0 Å². The van der Waals surface area contributed by atoms with Crippen LogP contribution in [0.5, 0.6) is 0 Å². The number of likely N-dealkylation sites (tertiary alicyclic amines) is 1. The molecule has 5 nitrogen and oxygen atoms in total. The van der Waals surface area contributed by atoms with Gasteiger partial charge >= 0.3 is 5.97 Å². The van der Waals surface area contributed by atoms with E-state index in [1.807, 2.05) is 13.8 Å². The molecule has 102 valence electrons. The molecule has 1 saturated heterocycles. The second kappa shape index (κ2) is 6.52. The van der Waals surface area contributed by atoms with Gasteiger partial charge in [-0.1, -0.05) is 13.8 Å². The van der Waals surface area contributed by atoms with Crippen LogP contribution in [0.2, 0.25) is 0 Å². The Morgan fingerprint density at radius 3 is 2.22 bits per heavy atom. The SMILES string of the molecule is CC(C)C(CCC(=O)O)CCN1C(=O)CCC1=O. The molecule has 0 aromatic heterocycles. The van der Waals surface area contributed by atoms with E-state index in [-0.39, 0.29) is 24.2 Å². The highest BCUT2D eigenvalue weighted by molar-refractivity contribution is 6.01. The minimum Gasteiger partial charge on any atom is -0.481 e. The molecule has 5 heteroatoms. The quantitative estimate of drug-likeness (QED) is 0.702. The van der Waals surface area contributed by atoms with E-state index < -0.39 is 5.97 Å². The molecule has 1 aliphatic heterocycles. The van der Waals surface area contributed by atoms with E-state index >= 15 is 0 Å². The van der Waals surface area contributed by atoms with Crippen molar-refractivity contribution in [3.8, 4) is 0 Å². The Hall–Kier alpha value is -1.39. The molecule has 2 amide bonds. The maximum absolute atomic E-state index is 11.4. The van der Waals surface area contributed by atoms with Crippen LogP contribution in [0.25, 0.3) is 0 Å². The van der Waals surface area contributed by atoms with Crippen LogP contribution in [-0.2, 0) is 14.4 Å². The molecule has 1 rings (SSSR count). The fourth-order valence-electron chi connectivity index (χ4n) is 2.29. The minimum absolute atomic E-state index is 0.0965. The molecule has 1 N–H and O–H groups in total. The third-order valence-electron chi connectivity index (χ3n) is 3.55. The highest BCUT2D eigenvalue weighted by Gasteiger charge is 2.29. The third-order valence-corrected chi connectivity index (χ3v) is 3.55. The molecule has 18 heavy (non-hydrogen) atoms. The zero-order valence-corrected chi connectivity index (χ0v) is 11.0. The lowest BCUT2D eigenvalue weighted by Gasteiger charge is -2.22. The highest BCUT2D eigenvalue weighted by Crippen LogP contribution is 2.23. The van der Waals surface area contributed by atoms with Gasteiger partial charge in [0.05, 0.1) is 0 Å². The van der Waals surface area contributed by atoms with Crippen LogP contribution in [0, 0.1) is 11.8 Å². The summed E-state index contributed by atoms with van der Waals surface area (Å²) >= 11 is 0. The van der Waals surface area contributed by atoms with Gasteiger partial charge in [-0.05, 0) is 24.7 Å². The zero-order valence-electron chi connectivity index (χ0n) is 11.0. The number of hydrogen-bond donors (Lipinski definition) is 1. The molecule has 1 heterocycles. The molecule has 0 saturated carbocycles. The van der Waals surface area contributed by atoms with Crippen LogP contribution in [0.3, 0.4) is 0 Å². The van der Waals surface area contributed by atoms with Crippen molar-refractivity contribution >= 4 is 17.8 Å². The van der Waals surface area contributed by atoms with Crippen molar-refractivity contribution < 1.29 is 19.5 Å². The lowest BCUT2D eigenvalue weighted by molar-refractivity contribution is -0.140. The number of amides is 2. The second-order valence-electron chi connectivity index (χ2n) is 5.16. The van der Waals surface area contributed by atoms with Crippen LogP contribution in [-0.4, -0.2) is 34.3 Å². The van der Waals surface area contributed by atoms with E-state index in [1.165, 1.54) is 4.90 Å². The summed E-state index contributed by atoms with van der Waals surface area (Å²) in [6.45, 7) is 4.51. The predicted molar refractivity (Wildman–Crippen MR) is 65.8 cm³/mol. The first-order valence-electron chi connectivity index (χ1n) is 6.46. The van der Waals surface area contributed by atoms with E-state index in [4.69, 9.17) is 5.11 Å². The predicted octanol–water partition coefficient (Wildman–Crippen LogP) is 1.66. The average Bonchev–Trinajstić information content (AvgIpc) is 2.59. The number of rotatable bonds is 7. The molecule has 1 fully saturated rings. The first-order chi connectivity index (χ1) is 8.41. The molecule has 0 aliphatic carbocycles. The number of carbonyl (C=O) groups excluding carboxylic acids is 2. The van der Waals surface area contributed by atoms with E-state index in [0.29, 0.717) is 38.1 Å². The summed E-state index contributed by atoms with van der Waals surface area (Å²) in [6, 6.07) is 0. The molecular formula is C13H21NO4. The Morgan fingerprint density at radius 1 is 1.22 bits per heavy atom. The van der Waals surface area contributed by atoms with Crippen LogP contribution < -0.4 is 0 Å². The minimum atomic E-state index is -0.797. The number of imide groups is 1. The number of carboxylic acids is 1. The molecule has 1 aliphatic rings. The lowest BCUT2D eigenvalue weighted by Crippen LogP contribution is -2.31. The van der Waals surface area contributed by atoms with E-state index in [0.717, 1.165) is 0 Å². The van der Waals surface area contributed by atoms with Crippen molar-refractivity contribution in [2.75, 3.05) is 6.54 Å². The summed E-state index contributed by atoms with van der Waals surface area (Å²) in [4.78, 5) is 34.8. The molecule has 0 aromatic rings. The summed E-state index contributed by atoms with van der Waals surface area (Å²) in [5.74, 6) is -0.394. The number of aliphatic carboxylic acids is 1. The van der Waals surface area contributed by atoms with Gasteiger partial charge in [-0.25, -0.2) is 0 Å². The second-order valence-corrected chi connectivity index (χ2v) is 5.16. The van der Waals surface area contributed by atoms with Crippen molar-refractivity contribution in [1.29, 1.82) is 0 Å². The van der Waals surface area contributed by atoms with Crippen LogP contribution in [0.4, 0.5) is 0 Å². The summed E-state index contributed by atoms with van der Waals surface area (Å²) < 4.78 is 0. The molecule has 0 bridgehead atoms. The Balaban J connectivity index is 2.44. The van der Waals surface area contributed by atoms with Crippen molar-refractivity contribution in [2.45, 2.75) is 46.0 Å². The Labute approximate surface area is 107 Å². The fourth-order valence-corrected chi connectivity index (χ4v) is 2.29. The smallest absolute Gasteiger partial charge is 0.303 e. The van der Waals surface area contributed by atoms with Gasteiger partial charge in [0.25, 0.3) is 0 Å². The molecule has 0 spiro atoms. The number of carboxylic acid groups (broad SMARTS) is 1. The van der Waals surface area contributed by atoms with Gasteiger partial charge < -0.3 is 5.11 Å². The summed E-state index contributed by atoms with van der Waals surface area (Å²) in [5.41, 5.74) is 0. The molecule has 0 aromatic carbocycles. The largest absolute Gasteiger partial charge is 0.481 e. The van der Waals surface area contributed by atoms with Crippen molar-refractivity contribution in [2.24, 2.45) is 11.8 Å². The van der Waals surface area contributed by atoms with Gasteiger partial charge in [-0.3, -0.25) is 19.3 Å². The Bertz CT molecular complexity index is 322. The normalized spacial score (nSPS) is 17.6. The van der Waals surface area contributed by atoms with E-state index in [9.17, 15) is 14.4 Å². The van der Waals surface area contributed by atoms with Gasteiger partial charge in [-0.2, -0.15) is 0 Å². The van der Waals surface area contributed by atoms with Crippen LogP contribution in [0.1, 0.15) is 46.0 Å². The van der Waals surface area contributed by atoms with Crippen molar-refractivity contribution in [3.05, 3.63) is 0 Å². The number of hydrogen-bond acceptors (Lipinski definition) is 3. The average molecular weight is 255 g/mol. The maximum atomic E-state index is 11.4. The summed E-state index contributed by atoms with van der Waals surface area (Å²) in [6.07, 6.45) is 2.08. The molecule has 1 atom stereocenters. The van der Waals surface area contributed by atoms with Crippen LogP contribution >= 0.6 is 0 Å². The van der Waals surface area contributed by atoms with Gasteiger partial charge in [0.15, 0.2) is 0 Å². The Kier molecular flexibility index (Phi) is 5.31. The molecule has 0 radical (unpaired) electrons. The van der Waals surface area contributed by atoms with Gasteiger partial charge in [0, 0.05) is 25.8 Å². The van der Waals surface area contributed by atoms with Gasteiger partial charge in [0.2, 0.25) is 11.8 Å². The van der Waals surface area contributed by atoms with Gasteiger partial charge in [0.1, 0.15) is 0 Å². The molecular weight excluding hydrogens is 234 g/mol. The number of nitrogens with zero attached hydrogens (tertiary/aromatic N) is 1. The standard InChI is InChI=1S/C13H21NO4/c1-9(2)10(3-6-13(17)18)7-8-14-11(15)4-5-12(14)16/h9-10H,3-8H2,1-2H3,(H,17,18). The lowest BCUT2D eigenvalue weighted by atomic mass is 9.88. The first kappa shape index (κ1) is 14.7. The first-order valence-corrected chi connectivity index (χ1v) is 6.46. The Morgan fingerprint density at radius 2 is 1.78 bits per heavy atom. The summed E-state index contributed by atoms with van der Waals surface area (Å²) in [7, 11) is 0.